The largest absolute Gasteiger partial charge is 0.271 e. The molecule has 0 fully saturated rings. The van der Waals surface area contributed by atoms with Crippen LogP contribution in [0.15, 0.2) is 12.7 Å². The summed E-state index contributed by atoms with van der Waals surface area (Å²) in [5, 5.41) is 0. The smallest absolute Gasteiger partial charge is 0.00974 e. The number of hydrazine groups is 1. The molecule has 0 aliphatic rings. The molecule has 0 heterocycles. The van der Waals surface area contributed by atoms with Crippen molar-refractivity contribution in [2.45, 2.75) is 32.1 Å². The van der Waals surface area contributed by atoms with Crippen LogP contribution in [-0.2, 0) is 0 Å². The fourth-order valence-corrected chi connectivity index (χ4v) is 0.869. The number of hydrogen-bond acceptors (Lipinski definition) is 2. The molecule has 60 valence electrons. The second-order valence-corrected chi connectivity index (χ2v) is 2.45. The van der Waals surface area contributed by atoms with Crippen molar-refractivity contribution >= 4 is 0 Å². The van der Waals surface area contributed by atoms with Crippen molar-refractivity contribution in [1.82, 2.24) is 5.43 Å². The molecule has 3 N–H and O–H groups in total. The third-order valence-corrected chi connectivity index (χ3v) is 1.48. The van der Waals surface area contributed by atoms with Crippen LogP contribution in [0.4, 0.5) is 0 Å². The van der Waals surface area contributed by atoms with Gasteiger partial charge in [0, 0.05) is 6.54 Å². The summed E-state index contributed by atoms with van der Waals surface area (Å²) >= 11 is 0. The first-order chi connectivity index (χ1) is 4.91. The average molecular weight is 142 g/mol. The molecule has 0 amide bonds. The molecule has 0 aromatic rings. The van der Waals surface area contributed by atoms with Crippen molar-refractivity contribution in [3.05, 3.63) is 12.7 Å². The van der Waals surface area contributed by atoms with Crippen LogP contribution in [0, 0.1) is 0 Å². The van der Waals surface area contributed by atoms with Gasteiger partial charge in [0.05, 0.1) is 0 Å². The minimum atomic E-state index is 0.939. The first kappa shape index (κ1) is 9.66. The van der Waals surface area contributed by atoms with Gasteiger partial charge in [0.2, 0.25) is 0 Å². The van der Waals surface area contributed by atoms with E-state index in [9.17, 15) is 0 Å². The van der Waals surface area contributed by atoms with E-state index in [1.165, 1.54) is 25.7 Å². The Bertz CT molecular complexity index is 71.7. The monoisotopic (exact) mass is 142 g/mol. The molecular weight excluding hydrogens is 124 g/mol. The van der Waals surface area contributed by atoms with E-state index in [4.69, 9.17) is 5.84 Å². The fourth-order valence-electron chi connectivity index (χ4n) is 0.869. The first-order valence-corrected chi connectivity index (χ1v) is 3.96. The summed E-state index contributed by atoms with van der Waals surface area (Å²) in [5.41, 5.74) is 2.64. The Labute approximate surface area is 63.5 Å². The minimum Gasteiger partial charge on any atom is -0.271 e. The van der Waals surface area contributed by atoms with Gasteiger partial charge in [-0.2, -0.15) is 0 Å². The zero-order valence-corrected chi connectivity index (χ0v) is 6.60. The van der Waals surface area contributed by atoms with Crippen LogP contribution in [0.1, 0.15) is 32.1 Å². The number of allylic oxidation sites excluding steroid dienone is 1. The zero-order chi connectivity index (χ0) is 7.66. The maximum Gasteiger partial charge on any atom is 0.00974 e. The van der Waals surface area contributed by atoms with Crippen molar-refractivity contribution in [1.29, 1.82) is 0 Å². The van der Waals surface area contributed by atoms with Crippen LogP contribution in [0.3, 0.4) is 0 Å². The molecular formula is C8H18N2. The normalized spacial score (nSPS) is 9.70. The maximum absolute atomic E-state index is 5.10. The highest BCUT2D eigenvalue weighted by Gasteiger charge is 1.86. The van der Waals surface area contributed by atoms with E-state index in [0.29, 0.717) is 0 Å². The zero-order valence-electron chi connectivity index (χ0n) is 6.60. The van der Waals surface area contributed by atoms with E-state index in [-0.39, 0.29) is 0 Å². The molecule has 0 aromatic heterocycles. The SMILES string of the molecule is C=CCCCCCCNN. The summed E-state index contributed by atoms with van der Waals surface area (Å²) in [5.74, 6) is 5.10. The average Bonchev–Trinajstić information content (AvgIpc) is 1.97. The summed E-state index contributed by atoms with van der Waals surface area (Å²) in [6, 6.07) is 0. The Morgan fingerprint density at radius 1 is 1.20 bits per heavy atom. The van der Waals surface area contributed by atoms with Crippen LogP contribution >= 0.6 is 0 Å². The summed E-state index contributed by atoms with van der Waals surface area (Å²) in [7, 11) is 0. The molecule has 0 aliphatic heterocycles. The Hall–Kier alpha value is -0.340. The van der Waals surface area contributed by atoms with Crippen LogP contribution in [0.5, 0.6) is 0 Å². The molecule has 0 aliphatic carbocycles. The maximum atomic E-state index is 5.10. The molecule has 0 aromatic carbocycles. The van der Waals surface area contributed by atoms with Gasteiger partial charge in [0.15, 0.2) is 0 Å². The minimum absolute atomic E-state index is 0.939. The molecule has 0 radical (unpaired) electrons. The summed E-state index contributed by atoms with van der Waals surface area (Å²) in [6.07, 6.45) is 8.16. The lowest BCUT2D eigenvalue weighted by Crippen LogP contribution is -2.22. The first-order valence-electron chi connectivity index (χ1n) is 3.96. The Morgan fingerprint density at radius 2 is 1.90 bits per heavy atom. The molecule has 2 nitrogen and oxygen atoms in total. The predicted molar refractivity (Wildman–Crippen MR) is 45.5 cm³/mol. The number of rotatable bonds is 7. The second-order valence-electron chi connectivity index (χ2n) is 2.45. The molecule has 0 spiro atoms. The summed E-state index contributed by atoms with van der Waals surface area (Å²) in [6.45, 7) is 4.60. The predicted octanol–water partition coefficient (Wildman–Crippen LogP) is 1.59. The Morgan fingerprint density at radius 3 is 2.50 bits per heavy atom. The second kappa shape index (κ2) is 8.66. The molecule has 0 bridgehead atoms. The molecule has 0 rings (SSSR count). The van der Waals surface area contributed by atoms with Crippen molar-refractivity contribution in [3.63, 3.8) is 0 Å². The van der Waals surface area contributed by atoms with Crippen molar-refractivity contribution < 1.29 is 0 Å². The van der Waals surface area contributed by atoms with Crippen LogP contribution in [0.2, 0.25) is 0 Å². The van der Waals surface area contributed by atoms with Crippen LogP contribution in [-0.4, -0.2) is 6.54 Å². The quantitative estimate of drug-likeness (QED) is 0.245. The third-order valence-electron chi connectivity index (χ3n) is 1.48. The molecule has 10 heavy (non-hydrogen) atoms. The van der Waals surface area contributed by atoms with Crippen LogP contribution < -0.4 is 11.3 Å². The highest BCUT2D eigenvalue weighted by atomic mass is 15.2. The number of hydrogen-bond donors (Lipinski definition) is 2. The molecule has 0 unspecified atom stereocenters. The summed E-state index contributed by atoms with van der Waals surface area (Å²) < 4.78 is 0. The van der Waals surface area contributed by atoms with Gasteiger partial charge < -0.3 is 0 Å². The standard InChI is InChI=1S/C8H18N2/c1-2-3-4-5-6-7-8-10-9/h2,10H,1,3-9H2. The molecule has 0 saturated carbocycles. The van der Waals surface area contributed by atoms with Crippen molar-refractivity contribution in [2.75, 3.05) is 6.54 Å². The highest BCUT2D eigenvalue weighted by molar-refractivity contribution is 4.65. The van der Waals surface area contributed by atoms with E-state index < -0.39 is 0 Å². The number of nitrogens with one attached hydrogen (secondary N) is 1. The van der Waals surface area contributed by atoms with Crippen LogP contribution in [0.25, 0.3) is 0 Å². The van der Waals surface area contributed by atoms with Gasteiger partial charge >= 0.3 is 0 Å². The molecule has 0 atom stereocenters. The van der Waals surface area contributed by atoms with Gasteiger partial charge in [-0.3, -0.25) is 11.3 Å². The topological polar surface area (TPSA) is 38.0 Å². The molecule has 2 heteroatoms. The lowest BCUT2D eigenvalue weighted by Gasteiger charge is -1.97. The lowest BCUT2D eigenvalue weighted by atomic mass is 10.1. The van der Waals surface area contributed by atoms with Gasteiger partial charge in [0.1, 0.15) is 0 Å². The van der Waals surface area contributed by atoms with E-state index in [0.717, 1.165) is 13.0 Å². The van der Waals surface area contributed by atoms with E-state index >= 15 is 0 Å². The fraction of sp³-hybridized carbons (Fsp3) is 0.750. The summed E-state index contributed by atoms with van der Waals surface area (Å²) in [4.78, 5) is 0. The van der Waals surface area contributed by atoms with Gasteiger partial charge in [-0.05, 0) is 19.3 Å². The molecule has 0 saturated heterocycles. The highest BCUT2D eigenvalue weighted by Crippen LogP contribution is 2.01. The van der Waals surface area contributed by atoms with E-state index in [1.807, 2.05) is 6.08 Å². The van der Waals surface area contributed by atoms with E-state index in [2.05, 4.69) is 12.0 Å². The number of unbranched alkanes of at least 4 members (excludes halogenated alkanes) is 4. The Balaban J connectivity index is 2.70. The van der Waals surface area contributed by atoms with Crippen molar-refractivity contribution in [2.24, 2.45) is 5.84 Å². The van der Waals surface area contributed by atoms with Gasteiger partial charge in [0.25, 0.3) is 0 Å². The Kier molecular flexibility index (Phi) is 8.37. The van der Waals surface area contributed by atoms with E-state index in [1.54, 1.807) is 0 Å². The van der Waals surface area contributed by atoms with Gasteiger partial charge in [-0.25, -0.2) is 0 Å². The lowest BCUT2D eigenvalue weighted by molar-refractivity contribution is 0.603. The van der Waals surface area contributed by atoms with Crippen molar-refractivity contribution in [3.8, 4) is 0 Å². The third kappa shape index (κ3) is 7.66. The van der Waals surface area contributed by atoms with Gasteiger partial charge in [-0.1, -0.05) is 18.9 Å². The number of nitrogens with two attached hydrogens (primary N) is 1. The van der Waals surface area contributed by atoms with Gasteiger partial charge in [-0.15, -0.1) is 6.58 Å².